The maximum Gasteiger partial charge on any atom is 0.305 e. The van der Waals surface area contributed by atoms with Gasteiger partial charge in [-0.3, -0.25) is 9.59 Å². The third kappa shape index (κ3) is 4.24. The Morgan fingerprint density at radius 2 is 1.89 bits per heavy atom. The summed E-state index contributed by atoms with van der Waals surface area (Å²) in [5.41, 5.74) is 1.31. The van der Waals surface area contributed by atoms with Gasteiger partial charge in [0.25, 0.3) is 0 Å². The first kappa shape index (κ1) is 15.5. The summed E-state index contributed by atoms with van der Waals surface area (Å²) in [5, 5.41) is 0.558. The van der Waals surface area contributed by atoms with Crippen LogP contribution in [-0.4, -0.2) is 26.0 Å². The van der Waals surface area contributed by atoms with Crippen LogP contribution in [0, 0.1) is 6.92 Å². The summed E-state index contributed by atoms with van der Waals surface area (Å²) in [6.07, 6.45) is 0.958. The normalized spacial score (nSPS) is 10.1. The molecule has 0 amide bonds. The molecule has 104 valence electrons. The minimum atomic E-state index is -0.313. The van der Waals surface area contributed by atoms with Crippen molar-refractivity contribution in [3.05, 3.63) is 28.3 Å². The van der Waals surface area contributed by atoms with Gasteiger partial charge in [-0.25, -0.2) is 0 Å². The number of ketones is 1. The quantitative estimate of drug-likeness (QED) is 0.595. The fraction of sp³-hybridized carbons (Fsp3) is 0.429. The first-order valence-electron chi connectivity index (χ1n) is 5.93. The van der Waals surface area contributed by atoms with E-state index in [-0.39, 0.29) is 24.6 Å². The number of methoxy groups -OCH3 is 2. The Labute approximate surface area is 117 Å². The van der Waals surface area contributed by atoms with Crippen molar-refractivity contribution in [2.45, 2.75) is 26.2 Å². The predicted molar refractivity (Wildman–Crippen MR) is 72.9 cm³/mol. The van der Waals surface area contributed by atoms with Gasteiger partial charge in [0.2, 0.25) is 0 Å². The van der Waals surface area contributed by atoms with Crippen molar-refractivity contribution in [3.63, 3.8) is 0 Å². The number of Topliss-reactive ketones (excluding diaryl/α,β-unsaturated/α-hetero) is 1. The largest absolute Gasteiger partial charge is 0.496 e. The number of esters is 1. The average Bonchev–Trinajstić information content (AvgIpc) is 2.40. The molecular weight excluding hydrogens is 268 g/mol. The Hall–Kier alpha value is -1.55. The number of hydrogen-bond donors (Lipinski definition) is 0. The van der Waals surface area contributed by atoms with E-state index in [1.54, 1.807) is 12.1 Å². The lowest BCUT2D eigenvalue weighted by Gasteiger charge is -2.10. The molecule has 1 rings (SSSR count). The number of carbonyl (C=O) groups is 2. The van der Waals surface area contributed by atoms with Gasteiger partial charge in [0.15, 0.2) is 5.78 Å². The second-order valence-corrected chi connectivity index (χ2v) is 4.56. The molecule has 0 heterocycles. The molecule has 0 bridgehead atoms. The van der Waals surface area contributed by atoms with E-state index < -0.39 is 0 Å². The fourth-order valence-electron chi connectivity index (χ4n) is 1.68. The molecule has 0 atom stereocenters. The molecule has 0 aromatic heterocycles. The third-order valence-electron chi connectivity index (χ3n) is 2.79. The lowest BCUT2D eigenvalue weighted by atomic mass is 10.0. The van der Waals surface area contributed by atoms with Crippen molar-refractivity contribution in [3.8, 4) is 5.75 Å². The van der Waals surface area contributed by atoms with Gasteiger partial charge in [-0.1, -0.05) is 11.6 Å². The number of benzene rings is 1. The molecule has 0 fully saturated rings. The Morgan fingerprint density at radius 3 is 2.47 bits per heavy atom. The van der Waals surface area contributed by atoms with Crippen LogP contribution in [0.15, 0.2) is 12.1 Å². The van der Waals surface area contributed by atoms with Gasteiger partial charge in [0.1, 0.15) is 5.75 Å². The topological polar surface area (TPSA) is 52.6 Å². The smallest absolute Gasteiger partial charge is 0.305 e. The van der Waals surface area contributed by atoms with Crippen LogP contribution in [0.5, 0.6) is 5.75 Å². The number of carbonyl (C=O) groups excluding carboxylic acids is 2. The molecule has 0 aliphatic heterocycles. The van der Waals surface area contributed by atoms with E-state index in [1.807, 2.05) is 6.92 Å². The number of aryl methyl sites for hydroxylation is 1. The standard InChI is InChI=1S/C14H17ClO4/c1-9-7-10(13(18-2)8-11(9)15)12(16)5-4-6-14(17)19-3/h7-8H,4-6H2,1-3H3. The summed E-state index contributed by atoms with van der Waals surface area (Å²) in [5.74, 6) is 0.0752. The molecule has 1 aromatic carbocycles. The van der Waals surface area contributed by atoms with E-state index >= 15 is 0 Å². The second kappa shape index (κ2) is 7.14. The van der Waals surface area contributed by atoms with E-state index in [0.29, 0.717) is 22.8 Å². The molecule has 1 aromatic rings. The van der Waals surface area contributed by atoms with Crippen LogP contribution < -0.4 is 4.74 Å². The number of hydrogen-bond acceptors (Lipinski definition) is 4. The molecule has 0 radical (unpaired) electrons. The molecule has 0 saturated heterocycles. The Bertz CT molecular complexity index is 483. The minimum absolute atomic E-state index is 0.0690. The van der Waals surface area contributed by atoms with Crippen molar-refractivity contribution < 1.29 is 19.1 Å². The van der Waals surface area contributed by atoms with Crippen molar-refractivity contribution in [2.75, 3.05) is 14.2 Å². The predicted octanol–water partition coefficient (Wildman–Crippen LogP) is 3.18. The summed E-state index contributed by atoms with van der Waals surface area (Å²) in [4.78, 5) is 23.1. The molecule has 5 heteroatoms. The van der Waals surface area contributed by atoms with Gasteiger partial charge in [0.05, 0.1) is 19.8 Å². The highest BCUT2D eigenvalue weighted by Crippen LogP contribution is 2.28. The highest BCUT2D eigenvalue weighted by molar-refractivity contribution is 6.31. The van der Waals surface area contributed by atoms with Crippen LogP contribution in [0.1, 0.15) is 35.2 Å². The summed E-state index contributed by atoms with van der Waals surface area (Å²) >= 11 is 5.98. The van der Waals surface area contributed by atoms with Crippen LogP contribution in [0.4, 0.5) is 0 Å². The van der Waals surface area contributed by atoms with Gasteiger partial charge in [0, 0.05) is 17.9 Å². The summed E-state index contributed by atoms with van der Waals surface area (Å²) in [6, 6.07) is 3.34. The highest BCUT2D eigenvalue weighted by Gasteiger charge is 2.15. The zero-order valence-corrected chi connectivity index (χ0v) is 12.0. The SMILES string of the molecule is COC(=O)CCCC(=O)c1cc(C)c(Cl)cc1OC. The van der Waals surface area contributed by atoms with E-state index in [9.17, 15) is 9.59 Å². The van der Waals surface area contributed by atoms with Crippen molar-refractivity contribution >= 4 is 23.4 Å². The lowest BCUT2D eigenvalue weighted by Crippen LogP contribution is -2.05. The lowest BCUT2D eigenvalue weighted by molar-refractivity contribution is -0.140. The average molecular weight is 285 g/mol. The molecule has 4 nitrogen and oxygen atoms in total. The van der Waals surface area contributed by atoms with Crippen molar-refractivity contribution in [2.24, 2.45) is 0 Å². The summed E-state index contributed by atoms with van der Waals surface area (Å²) < 4.78 is 9.68. The highest BCUT2D eigenvalue weighted by atomic mass is 35.5. The Morgan fingerprint density at radius 1 is 1.21 bits per heavy atom. The monoisotopic (exact) mass is 284 g/mol. The first-order chi connectivity index (χ1) is 8.99. The molecule has 0 aliphatic carbocycles. The van der Waals surface area contributed by atoms with Gasteiger partial charge in [-0.05, 0) is 31.0 Å². The minimum Gasteiger partial charge on any atom is -0.496 e. The van der Waals surface area contributed by atoms with Gasteiger partial charge >= 0.3 is 5.97 Å². The summed E-state index contributed by atoms with van der Waals surface area (Å²) in [6.45, 7) is 1.83. The molecule has 0 saturated carbocycles. The molecule has 19 heavy (non-hydrogen) atoms. The van der Waals surface area contributed by atoms with Crippen LogP contribution in [-0.2, 0) is 9.53 Å². The Kier molecular flexibility index (Phi) is 5.83. The van der Waals surface area contributed by atoms with Gasteiger partial charge in [-0.15, -0.1) is 0 Å². The van der Waals surface area contributed by atoms with Crippen molar-refractivity contribution in [1.82, 2.24) is 0 Å². The number of halogens is 1. The van der Waals surface area contributed by atoms with Crippen LogP contribution in [0.3, 0.4) is 0 Å². The fourth-order valence-corrected chi connectivity index (χ4v) is 1.83. The van der Waals surface area contributed by atoms with E-state index in [2.05, 4.69) is 4.74 Å². The molecule has 0 N–H and O–H groups in total. The van der Waals surface area contributed by atoms with E-state index in [0.717, 1.165) is 5.56 Å². The maximum atomic E-state index is 12.1. The zero-order chi connectivity index (χ0) is 14.4. The molecule has 0 spiro atoms. The second-order valence-electron chi connectivity index (χ2n) is 4.15. The van der Waals surface area contributed by atoms with E-state index in [4.69, 9.17) is 16.3 Å². The van der Waals surface area contributed by atoms with E-state index in [1.165, 1.54) is 14.2 Å². The number of rotatable bonds is 6. The number of ether oxygens (including phenoxy) is 2. The first-order valence-corrected chi connectivity index (χ1v) is 6.31. The molecule has 0 aliphatic rings. The third-order valence-corrected chi connectivity index (χ3v) is 3.20. The van der Waals surface area contributed by atoms with Crippen LogP contribution in [0.2, 0.25) is 5.02 Å². The Balaban J connectivity index is 2.76. The van der Waals surface area contributed by atoms with Crippen LogP contribution in [0.25, 0.3) is 0 Å². The van der Waals surface area contributed by atoms with Gasteiger partial charge in [-0.2, -0.15) is 0 Å². The van der Waals surface area contributed by atoms with Crippen LogP contribution >= 0.6 is 11.6 Å². The summed E-state index contributed by atoms with van der Waals surface area (Å²) in [7, 11) is 2.82. The van der Waals surface area contributed by atoms with Crippen molar-refractivity contribution in [1.29, 1.82) is 0 Å². The van der Waals surface area contributed by atoms with Gasteiger partial charge < -0.3 is 9.47 Å². The zero-order valence-electron chi connectivity index (χ0n) is 11.3. The maximum absolute atomic E-state index is 12.1. The molecule has 0 unspecified atom stereocenters. The molecular formula is C14H17ClO4.